The van der Waals surface area contributed by atoms with E-state index in [1.165, 1.54) is 16.7 Å². The van der Waals surface area contributed by atoms with Crippen molar-refractivity contribution in [1.82, 2.24) is 9.88 Å². The molecule has 1 N–H and O–H groups in total. The Hall–Kier alpha value is -3.21. The summed E-state index contributed by atoms with van der Waals surface area (Å²) in [6.07, 6.45) is 5.30. The molecule has 6 nitrogen and oxygen atoms in total. The molecule has 0 aliphatic carbocycles. The molecule has 0 saturated carbocycles. The number of carboxylic acid groups (broad SMARTS) is 1. The Labute approximate surface area is 210 Å². The Morgan fingerprint density at radius 2 is 2.17 bits per heavy atom. The number of ether oxygens (including phenoxy) is 1. The SMILES string of the molecule is CCc1c(CCN2CCC[C@H]2C(=O)O)cccc1-c1cnc(-c2ccc(OC(C)C)c(C#N)c2)s1. The van der Waals surface area contributed by atoms with Crippen LogP contribution in [0.25, 0.3) is 21.0 Å². The standard InChI is InChI=1S/C28H31N3O3S/c1-4-22-19(12-14-31-13-6-9-24(31)28(32)33)7-5-8-23(22)26-17-30-27(35-26)20-10-11-25(34-18(2)3)21(15-20)16-29/h5,7-8,10-11,15,17-18,24H,4,6,9,12-14H2,1-3H3,(H,32,33)/t24-/m0/s1. The first-order valence-corrected chi connectivity index (χ1v) is 13.0. The van der Waals surface area contributed by atoms with Gasteiger partial charge in [0.25, 0.3) is 0 Å². The summed E-state index contributed by atoms with van der Waals surface area (Å²) in [4.78, 5) is 19.4. The van der Waals surface area contributed by atoms with Gasteiger partial charge in [-0.15, -0.1) is 11.3 Å². The maximum absolute atomic E-state index is 11.5. The van der Waals surface area contributed by atoms with Gasteiger partial charge in [0, 0.05) is 18.3 Å². The van der Waals surface area contributed by atoms with Crippen LogP contribution in [0.5, 0.6) is 5.75 Å². The van der Waals surface area contributed by atoms with Crippen LogP contribution < -0.4 is 4.74 Å². The summed E-state index contributed by atoms with van der Waals surface area (Å²) >= 11 is 1.61. The zero-order chi connectivity index (χ0) is 24.9. The molecular formula is C28H31N3O3S. The highest BCUT2D eigenvalue weighted by Crippen LogP contribution is 2.36. The number of benzene rings is 2. The summed E-state index contributed by atoms with van der Waals surface area (Å²) in [5.41, 5.74) is 5.12. The van der Waals surface area contributed by atoms with E-state index in [9.17, 15) is 15.2 Å². The van der Waals surface area contributed by atoms with Crippen molar-refractivity contribution in [2.45, 2.75) is 58.6 Å². The maximum Gasteiger partial charge on any atom is 0.320 e. The number of aromatic nitrogens is 1. The number of likely N-dealkylation sites (tertiary alicyclic amines) is 1. The van der Waals surface area contributed by atoms with Crippen LogP contribution in [0.4, 0.5) is 0 Å². The number of nitrogens with zero attached hydrogens (tertiary/aromatic N) is 3. The summed E-state index contributed by atoms with van der Waals surface area (Å²) in [7, 11) is 0. The van der Waals surface area contributed by atoms with Gasteiger partial charge in [-0.05, 0) is 81.0 Å². The predicted octanol–water partition coefficient (Wildman–Crippen LogP) is 5.79. The van der Waals surface area contributed by atoms with E-state index in [0.717, 1.165) is 54.2 Å². The van der Waals surface area contributed by atoms with Gasteiger partial charge in [-0.1, -0.05) is 25.1 Å². The van der Waals surface area contributed by atoms with E-state index in [-0.39, 0.29) is 12.1 Å². The molecule has 1 aliphatic heterocycles. The normalized spacial score (nSPS) is 15.9. The molecule has 182 valence electrons. The second-order valence-corrected chi connectivity index (χ2v) is 10.1. The van der Waals surface area contributed by atoms with Crippen LogP contribution in [-0.2, 0) is 17.6 Å². The molecule has 1 aromatic heterocycles. The van der Waals surface area contributed by atoms with Crippen LogP contribution in [0.15, 0.2) is 42.6 Å². The fourth-order valence-corrected chi connectivity index (χ4v) is 5.76. The fourth-order valence-electron chi connectivity index (χ4n) is 4.79. The van der Waals surface area contributed by atoms with E-state index in [0.29, 0.717) is 11.3 Å². The molecule has 3 aromatic rings. The molecule has 4 rings (SSSR count). The lowest BCUT2D eigenvalue weighted by Crippen LogP contribution is -2.37. The van der Waals surface area contributed by atoms with Crippen molar-refractivity contribution < 1.29 is 14.6 Å². The van der Waals surface area contributed by atoms with Gasteiger partial charge in [0.1, 0.15) is 22.9 Å². The number of carboxylic acids is 1. The molecule has 0 spiro atoms. The summed E-state index contributed by atoms with van der Waals surface area (Å²) in [5, 5.41) is 19.9. The van der Waals surface area contributed by atoms with Gasteiger partial charge in [-0.2, -0.15) is 5.26 Å². The van der Waals surface area contributed by atoms with Crippen LogP contribution in [0.1, 0.15) is 50.3 Å². The van der Waals surface area contributed by atoms with Crippen molar-refractivity contribution in [3.8, 4) is 32.8 Å². The molecule has 7 heteroatoms. The third-order valence-electron chi connectivity index (χ3n) is 6.42. The van der Waals surface area contributed by atoms with Gasteiger partial charge in [-0.25, -0.2) is 4.98 Å². The first kappa shape index (κ1) is 24.9. The average Bonchev–Trinajstić information content (AvgIpc) is 3.52. The Morgan fingerprint density at radius 1 is 1.34 bits per heavy atom. The molecule has 2 aromatic carbocycles. The van der Waals surface area contributed by atoms with Crippen molar-refractivity contribution in [2.75, 3.05) is 13.1 Å². The van der Waals surface area contributed by atoms with Crippen LogP contribution >= 0.6 is 11.3 Å². The average molecular weight is 490 g/mol. The largest absolute Gasteiger partial charge is 0.490 e. The number of carbonyl (C=O) groups is 1. The lowest BCUT2D eigenvalue weighted by molar-refractivity contribution is -0.142. The molecule has 0 bridgehead atoms. The molecule has 1 saturated heterocycles. The van der Waals surface area contributed by atoms with Crippen LogP contribution in [0.2, 0.25) is 0 Å². The first-order chi connectivity index (χ1) is 16.9. The number of thiazole rings is 1. The Kier molecular flexibility index (Phi) is 7.84. The van der Waals surface area contributed by atoms with Gasteiger partial charge >= 0.3 is 5.97 Å². The van der Waals surface area contributed by atoms with E-state index < -0.39 is 5.97 Å². The van der Waals surface area contributed by atoms with E-state index in [2.05, 4.69) is 41.1 Å². The van der Waals surface area contributed by atoms with Crippen molar-refractivity contribution in [3.05, 3.63) is 59.3 Å². The minimum absolute atomic E-state index is 0.000335. The van der Waals surface area contributed by atoms with Crippen LogP contribution in [0, 0.1) is 11.3 Å². The molecule has 35 heavy (non-hydrogen) atoms. The molecule has 1 fully saturated rings. The summed E-state index contributed by atoms with van der Waals surface area (Å²) in [6, 6.07) is 13.9. The lowest BCUT2D eigenvalue weighted by atomic mass is 9.96. The molecule has 2 heterocycles. The van der Waals surface area contributed by atoms with E-state index in [4.69, 9.17) is 4.74 Å². The van der Waals surface area contributed by atoms with Gasteiger partial charge in [0.2, 0.25) is 0 Å². The Bertz CT molecular complexity index is 1240. The highest BCUT2D eigenvalue weighted by molar-refractivity contribution is 7.18. The van der Waals surface area contributed by atoms with Gasteiger partial charge in [-0.3, -0.25) is 9.69 Å². The molecule has 0 amide bonds. The van der Waals surface area contributed by atoms with E-state index >= 15 is 0 Å². The highest BCUT2D eigenvalue weighted by atomic mass is 32.1. The molecular weight excluding hydrogens is 458 g/mol. The quantitative estimate of drug-likeness (QED) is 0.409. The summed E-state index contributed by atoms with van der Waals surface area (Å²) in [6.45, 7) is 7.65. The van der Waals surface area contributed by atoms with Crippen molar-refractivity contribution >= 4 is 17.3 Å². The summed E-state index contributed by atoms with van der Waals surface area (Å²) < 4.78 is 5.75. The third-order valence-corrected chi connectivity index (χ3v) is 7.50. The Morgan fingerprint density at radius 3 is 2.89 bits per heavy atom. The smallest absolute Gasteiger partial charge is 0.320 e. The molecule has 1 atom stereocenters. The van der Waals surface area contributed by atoms with Crippen molar-refractivity contribution in [3.63, 3.8) is 0 Å². The fraction of sp³-hybridized carbons (Fsp3) is 0.393. The Balaban J connectivity index is 1.57. The number of nitriles is 1. The third kappa shape index (κ3) is 5.55. The second kappa shape index (κ2) is 11.0. The minimum Gasteiger partial charge on any atom is -0.490 e. The minimum atomic E-state index is -0.715. The van der Waals surface area contributed by atoms with Gasteiger partial charge in [0.15, 0.2) is 0 Å². The van der Waals surface area contributed by atoms with E-state index in [1.54, 1.807) is 11.3 Å². The second-order valence-electron chi connectivity index (χ2n) is 9.10. The number of hydrogen-bond acceptors (Lipinski definition) is 6. The van der Waals surface area contributed by atoms with Gasteiger partial charge in [0.05, 0.1) is 16.5 Å². The van der Waals surface area contributed by atoms with Crippen molar-refractivity contribution in [1.29, 1.82) is 5.26 Å². The zero-order valence-electron chi connectivity index (χ0n) is 20.5. The highest BCUT2D eigenvalue weighted by Gasteiger charge is 2.30. The zero-order valence-corrected chi connectivity index (χ0v) is 21.3. The van der Waals surface area contributed by atoms with Gasteiger partial charge < -0.3 is 9.84 Å². The number of hydrogen-bond donors (Lipinski definition) is 1. The maximum atomic E-state index is 11.5. The molecule has 0 unspecified atom stereocenters. The predicted molar refractivity (Wildman–Crippen MR) is 139 cm³/mol. The molecule has 0 radical (unpaired) electrons. The van der Waals surface area contributed by atoms with Crippen LogP contribution in [-0.4, -0.2) is 46.2 Å². The number of rotatable bonds is 9. The van der Waals surface area contributed by atoms with Crippen molar-refractivity contribution in [2.24, 2.45) is 0 Å². The lowest BCUT2D eigenvalue weighted by Gasteiger charge is -2.22. The molecule has 1 aliphatic rings. The topological polar surface area (TPSA) is 86.5 Å². The van der Waals surface area contributed by atoms with E-state index in [1.807, 2.05) is 38.2 Å². The number of aliphatic carboxylic acids is 1. The first-order valence-electron chi connectivity index (χ1n) is 12.2. The summed E-state index contributed by atoms with van der Waals surface area (Å²) in [5.74, 6) is -0.125. The van der Waals surface area contributed by atoms with Crippen LogP contribution in [0.3, 0.4) is 0 Å². The monoisotopic (exact) mass is 489 g/mol.